The molecule has 0 amide bonds. The maximum atomic E-state index is 11.2. The zero-order valence-electron chi connectivity index (χ0n) is 17.8. The molecule has 0 spiro atoms. The second kappa shape index (κ2) is 10.4. The van der Waals surface area contributed by atoms with Gasteiger partial charge in [-0.15, -0.1) is 0 Å². The van der Waals surface area contributed by atoms with Crippen LogP contribution in [0, 0.1) is 22.7 Å². The fourth-order valence-electron chi connectivity index (χ4n) is 2.60. The molecule has 27 heavy (non-hydrogen) atoms. The molecule has 7 heteroatoms. The summed E-state index contributed by atoms with van der Waals surface area (Å²) in [6, 6.07) is 0. The van der Waals surface area contributed by atoms with Gasteiger partial charge in [-0.25, -0.2) is 0 Å². The minimum atomic E-state index is -0.403. The molecule has 1 aliphatic heterocycles. The Balaban J connectivity index is 0.000000511. The summed E-state index contributed by atoms with van der Waals surface area (Å²) in [5, 5.41) is 0. The minimum Gasteiger partial charge on any atom is -0.469 e. The van der Waals surface area contributed by atoms with Crippen molar-refractivity contribution in [1.29, 1.82) is 0 Å². The van der Waals surface area contributed by atoms with E-state index in [0.717, 1.165) is 0 Å². The molecule has 1 heterocycles. The SMILES string of the molecule is CC(C)C1(C)CC(=O)OC(=O)C1.COC(=O)CC(C)(CC(=O)OC)C(C)C. The van der Waals surface area contributed by atoms with Gasteiger partial charge in [-0.05, 0) is 22.7 Å². The van der Waals surface area contributed by atoms with Crippen LogP contribution in [0.15, 0.2) is 0 Å². The Morgan fingerprint density at radius 2 is 1.37 bits per heavy atom. The number of rotatable bonds is 6. The predicted octanol–water partition coefficient (Wildman–Crippen LogP) is 3.29. The lowest BCUT2D eigenvalue weighted by molar-refractivity contribution is -0.170. The average Bonchev–Trinajstić information content (AvgIpc) is 2.53. The molecule has 0 atom stereocenters. The van der Waals surface area contributed by atoms with Crippen LogP contribution in [0.1, 0.15) is 67.2 Å². The number of hydrogen-bond donors (Lipinski definition) is 0. The predicted molar refractivity (Wildman–Crippen MR) is 99.5 cm³/mol. The van der Waals surface area contributed by atoms with Gasteiger partial charge in [-0.1, -0.05) is 41.5 Å². The number of carbonyl (C=O) groups excluding carboxylic acids is 4. The zero-order valence-corrected chi connectivity index (χ0v) is 17.8. The average molecular weight is 386 g/mol. The van der Waals surface area contributed by atoms with Crippen LogP contribution in [-0.4, -0.2) is 38.1 Å². The minimum absolute atomic E-state index is 0.202. The fraction of sp³-hybridized carbons (Fsp3) is 0.800. The Labute approximate surface area is 162 Å². The Kier molecular flexibility index (Phi) is 9.68. The third-order valence-corrected chi connectivity index (χ3v) is 5.66. The Morgan fingerprint density at radius 1 is 1.00 bits per heavy atom. The first-order valence-electron chi connectivity index (χ1n) is 9.16. The molecule has 0 saturated carbocycles. The zero-order chi connectivity index (χ0) is 21.4. The number of hydrogen-bond acceptors (Lipinski definition) is 7. The van der Waals surface area contributed by atoms with E-state index in [1.165, 1.54) is 14.2 Å². The molecule has 0 unspecified atom stereocenters. The lowest BCUT2D eigenvalue weighted by atomic mass is 9.73. The number of esters is 4. The lowest BCUT2D eigenvalue weighted by Crippen LogP contribution is -2.37. The van der Waals surface area contributed by atoms with Crippen molar-refractivity contribution in [1.82, 2.24) is 0 Å². The molecule has 7 nitrogen and oxygen atoms in total. The van der Waals surface area contributed by atoms with Crippen LogP contribution in [0.4, 0.5) is 0 Å². The smallest absolute Gasteiger partial charge is 0.314 e. The van der Waals surface area contributed by atoms with Crippen LogP contribution in [0.3, 0.4) is 0 Å². The van der Waals surface area contributed by atoms with Gasteiger partial charge in [-0.2, -0.15) is 0 Å². The molecule has 1 rings (SSSR count). The van der Waals surface area contributed by atoms with E-state index >= 15 is 0 Å². The fourth-order valence-corrected chi connectivity index (χ4v) is 2.60. The summed E-state index contributed by atoms with van der Waals surface area (Å²) in [5.41, 5.74) is -0.605. The van der Waals surface area contributed by atoms with Gasteiger partial charge in [0.05, 0.1) is 39.9 Å². The lowest BCUT2D eigenvalue weighted by Gasteiger charge is -2.34. The third kappa shape index (κ3) is 8.10. The summed E-state index contributed by atoms with van der Waals surface area (Å²) in [4.78, 5) is 44.4. The van der Waals surface area contributed by atoms with Crippen molar-refractivity contribution in [3.8, 4) is 0 Å². The quantitative estimate of drug-likeness (QED) is 0.392. The summed E-state index contributed by atoms with van der Waals surface area (Å²) in [6.07, 6.45) is 1.18. The molecule has 1 saturated heterocycles. The highest BCUT2D eigenvalue weighted by atomic mass is 16.6. The summed E-state index contributed by atoms with van der Waals surface area (Å²) in [5.74, 6) is -0.833. The van der Waals surface area contributed by atoms with E-state index in [9.17, 15) is 19.2 Å². The van der Waals surface area contributed by atoms with Crippen molar-refractivity contribution in [3.05, 3.63) is 0 Å². The highest BCUT2D eigenvalue weighted by molar-refractivity contribution is 5.89. The first-order valence-corrected chi connectivity index (χ1v) is 9.16. The monoisotopic (exact) mass is 386 g/mol. The van der Waals surface area contributed by atoms with Gasteiger partial charge in [0.15, 0.2) is 0 Å². The Morgan fingerprint density at radius 3 is 1.63 bits per heavy atom. The second-order valence-corrected chi connectivity index (χ2v) is 8.32. The summed E-state index contributed by atoms with van der Waals surface area (Å²) >= 11 is 0. The van der Waals surface area contributed by atoms with Gasteiger partial charge in [0.1, 0.15) is 0 Å². The molecule has 1 fully saturated rings. The van der Waals surface area contributed by atoms with Gasteiger partial charge in [-0.3, -0.25) is 19.2 Å². The van der Waals surface area contributed by atoms with Crippen LogP contribution in [0.5, 0.6) is 0 Å². The second-order valence-electron chi connectivity index (χ2n) is 8.32. The van der Waals surface area contributed by atoms with Crippen LogP contribution in [0.25, 0.3) is 0 Å². The molecule has 0 bridgehead atoms. The highest BCUT2D eigenvalue weighted by Gasteiger charge is 2.39. The molecular formula is C20H34O7. The number of carbonyl (C=O) groups is 4. The van der Waals surface area contributed by atoms with Crippen LogP contribution in [0.2, 0.25) is 0 Å². The maximum Gasteiger partial charge on any atom is 0.314 e. The van der Waals surface area contributed by atoms with Crippen LogP contribution in [-0.2, 0) is 33.4 Å². The number of ether oxygens (including phenoxy) is 3. The van der Waals surface area contributed by atoms with Crippen molar-refractivity contribution >= 4 is 23.9 Å². The van der Waals surface area contributed by atoms with E-state index in [1.54, 1.807) is 0 Å². The van der Waals surface area contributed by atoms with Gasteiger partial charge >= 0.3 is 23.9 Å². The third-order valence-electron chi connectivity index (χ3n) is 5.66. The summed E-state index contributed by atoms with van der Waals surface area (Å²) in [6.45, 7) is 11.8. The molecule has 1 aliphatic rings. The van der Waals surface area contributed by atoms with Gasteiger partial charge in [0.2, 0.25) is 0 Å². The van der Waals surface area contributed by atoms with Crippen molar-refractivity contribution in [2.75, 3.05) is 14.2 Å². The van der Waals surface area contributed by atoms with Crippen molar-refractivity contribution < 1.29 is 33.4 Å². The maximum absolute atomic E-state index is 11.2. The molecule has 0 aliphatic carbocycles. The van der Waals surface area contributed by atoms with Crippen LogP contribution < -0.4 is 0 Å². The first kappa shape index (κ1) is 25.1. The van der Waals surface area contributed by atoms with E-state index in [0.29, 0.717) is 18.8 Å². The Hall–Kier alpha value is -1.92. The topological polar surface area (TPSA) is 96.0 Å². The molecule has 0 radical (unpaired) electrons. The van der Waals surface area contributed by atoms with E-state index in [1.807, 2.05) is 41.5 Å². The van der Waals surface area contributed by atoms with Crippen molar-refractivity contribution in [2.45, 2.75) is 67.2 Å². The van der Waals surface area contributed by atoms with E-state index in [2.05, 4.69) is 14.2 Å². The number of methoxy groups -OCH3 is 2. The normalized spacial score (nSPS) is 16.4. The molecule has 156 valence electrons. The van der Waals surface area contributed by atoms with Crippen molar-refractivity contribution in [2.24, 2.45) is 22.7 Å². The molecule has 0 N–H and O–H groups in total. The summed E-state index contributed by atoms with van der Waals surface area (Å²) < 4.78 is 13.7. The number of cyclic esters (lactones) is 2. The Bertz CT molecular complexity index is 515. The summed E-state index contributed by atoms with van der Waals surface area (Å²) in [7, 11) is 2.70. The molecule has 0 aromatic rings. The highest BCUT2D eigenvalue weighted by Crippen LogP contribution is 2.38. The molecular weight excluding hydrogens is 352 g/mol. The van der Waals surface area contributed by atoms with E-state index < -0.39 is 5.41 Å². The largest absolute Gasteiger partial charge is 0.469 e. The molecule has 0 aromatic heterocycles. The van der Waals surface area contributed by atoms with E-state index in [-0.39, 0.29) is 48.1 Å². The standard InChI is InChI=1S/C11H20O4.C9H14O3/c1-8(2)11(3,6-9(12)14-4)7-10(13)15-5;1-6(2)9(3)4-7(10)12-8(11)5-9/h8H,6-7H2,1-5H3;6H,4-5H2,1-3H3. The molecule has 0 aromatic carbocycles. The van der Waals surface area contributed by atoms with Crippen molar-refractivity contribution in [3.63, 3.8) is 0 Å². The van der Waals surface area contributed by atoms with Gasteiger partial charge in [0.25, 0.3) is 0 Å². The van der Waals surface area contributed by atoms with Gasteiger partial charge in [0, 0.05) is 0 Å². The van der Waals surface area contributed by atoms with Gasteiger partial charge < -0.3 is 14.2 Å². The van der Waals surface area contributed by atoms with Crippen LogP contribution >= 0.6 is 0 Å². The first-order chi connectivity index (χ1) is 12.3. The van der Waals surface area contributed by atoms with E-state index in [4.69, 9.17) is 0 Å².